The van der Waals surface area contributed by atoms with Crippen LogP contribution in [0.25, 0.3) is 0 Å². The van der Waals surface area contributed by atoms with Gasteiger partial charge in [0.2, 0.25) is 5.91 Å². The Morgan fingerprint density at radius 3 is 2.74 bits per heavy atom. The Balaban J connectivity index is 1.95. The van der Waals surface area contributed by atoms with E-state index in [4.69, 9.17) is 15.2 Å². The van der Waals surface area contributed by atoms with Crippen molar-refractivity contribution in [2.45, 2.75) is 32.8 Å². The first-order valence-electron chi connectivity index (χ1n) is 6.34. The lowest BCUT2D eigenvalue weighted by Gasteiger charge is -2.19. The van der Waals surface area contributed by atoms with Crippen LogP contribution in [0.2, 0.25) is 0 Å². The van der Waals surface area contributed by atoms with Crippen LogP contribution in [0, 0.1) is 0 Å². The summed E-state index contributed by atoms with van der Waals surface area (Å²) >= 11 is 0. The summed E-state index contributed by atoms with van der Waals surface area (Å²) < 4.78 is 11.2. The Morgan fingerprint density at radius 2 is 2.05 bits per heavy atom. The molecule has 0 aliphatic carbocycles. The summed E-state index contributed by atoms with van der Waals surface area (Å²) in [6, 6.07) is 3.56. The van der Waals surface area contributed by atoms with E-state index in [0.29, 0.717) is 31.1 Å². The van der Waals surface area contributed by atoms with Crippen molar-refractivity contribution in [3.05, 3.63) is 17.7 Å². The number of fused-ring (bicyclic) bond motifs is 1. The standard InChI is InChI=1S/C14H20N2O3/c1-14(2,3)19-5-4-18-12-8-11-9(6-10(12)15)7-13(17)16-11/h6,8H,4-5,7,15H2,1-3H3,(H,16,17). The van der Waals surface area contributed by atoms with Gasteiger partial charge < -0.3 is 20.5 Å². The highest BCUT2D eigenvalue weighted by molar-refractivity contribution is 6.00. The first kappa shape index (κ1) is 13.7. The van der Waals surface area contributed by atoms with Crippen molar-refractivity contribution in [1.82, 2.24) is 0 Å². The van der Waals surface area contributed by atoms with Crippen LogP contribution in [0.1, 0.15) is 26.3 Å². The summed E-state index contributed by atoms with van der Waals surface area (Å²) in [5.41, 5.74) is 7.97. The molecular formula is C14H20N2O3. The van der Waals surface area contributed by atoms with Crippen molar-refractivity contribution in [1.29, 1.82) is 0 Å². The Bertz CT molecular complexity index is 492. The molecule has 19 heavy (non-hydrogen) atoms. The van der Waals surface area contributed by atoms with E-state index in [9.17, 15) is 4.79 Å². The topological polar surface area (TPSA) is 73.6 Å². The van der Waals surface area contributed by atoms with Gasteiger partial charge in [0, 0.05) is 11.8 Å². The van der Waals surface area contributed by atoms with Crippen LogP contribution in [0.3, 0.4) is 0 Å². The Kier molecular flexibility index (Phi) is 3.66. The number of ether oxygens (including phenoxy) is 2. The molecule has 3 N–H and O–H groups in total. The predicted octanol–water partition coefficient (Wildman–Crippen LogP) is 1.96. The summed E-state index contributed by atoms with van der Waals surface area (Å²) in [5, 5.41) is 2.77. The molecule has 1 aliphatic heterocycles. The second kappa shape index (κ2) is 5.09. The van der Waals surface area contributed by atoms with E-state index < -0.39 is 0 Å². The number of anilines is 2. The molecule has 1 amide bonds. The van der Waals surface area contributed by atoms with Crippen LogP contribution in [-0.2, 0) is 16.0 Å². The van der Waals surface area contributed by atoms with Crippen molar-refractivity contribution in [2.24, 2.45) is 0 Å². The fourth-order valence-corrected chi connectivity index (χ4v) is 1.90. The molecule has 1 heterocycles. The predicted molar refractivity (Wildman–Crippen MR) is 74.4 cm³/mol. The SMILES string of the molecule is CC(C)(C)OCCOc1cc2c(cc1N)CC(=O)N2. The number of rotatable bonds is 4. The normalized spacial score (nSPS) is 14.2. The van der Waals surface area contributed by atoms with Gasteiger partial charge in [-0.15, -0.1) is 0 Å². The molecule has 2 rings (SSSR count). The minimum absolute atomic E-state index is 0.0115. The first-order valence-corrected chi connectivity index (χ1v) is 6.34. The minimum atomic E-state index is -0.180. The van der Waals surface area contributed by atoms with Gasteiger partial charge in [0.25, 0.3) is 0 Å². The number of hydrogen-bond acceptors (Lipinski definition) is 4. The molecule has 0 aromatic heterocycles. The summed E-state index contributed by atoms with van der Waals surface area (Å²) in [5.74, 6) is 0.570. The minimum Gasteiger partial charge on any atom is -0.489 e. The lowest BCUT2D eigenvalue weighted by molar-refractivity contribution is -0.115. The molecular weight excluding hydrogens is 244 g/mol. The smallest absolute Gasteiger partial charge is 0.228 e. The molecule has 0 saturated carbocycles. The zero-order valence-electron chi connectivity index (χ0n) is 11.6. The highest BCUT2D eigenvalue weighted by atomic mass is 16.5. The van der Waals surface area contributed by atoms with Crippen molar-refractivity contribution in [2.75, 3.05) is 24.3 Å². The number of carbonyl (C=O) groups is 1. The van der Waals surface area contributed by atoms with Gasteiger partial charge in [-0.05, 0) is 32.4 Å². The highest BCUT2D eigenvalue weighted by Gasteiger charge is 2.19. The second-order valence-electron chi connectivity index (χ2n) is 5.58. The molecule has 1 aromatic carbocycles. The summed E-state index contributed by atoms with van der Waals surface area (Å²) in [4.78, 5) is 11.3. The van der Waals surface area contributed by atoms with Crippen LogP contribution in [-0.4, -0.2) is 24.7 Å². The molecule has 5 heteroatoms. The van der Waals surface area contributed by atoms with Gasteiger partial charge in [0.15, 0.2) is 0 Å². The molecule has 0 fully saturated rings. The van der Waals surface area contributed by atoms with Gasteiger partial charge in [0.05, 0.1) is 24.3 Å². The van der Waals surface area contributed by atoms with E-state index in [1.165, 1.54) is 0 Å². The maximum Gasteiger partial charge on any atom is 0.228 e. The van der Waals surface area contributed by atoms with Gasteiger partial charge in [-0.3, -0.25) is 4.79 Å². The lowest BCUT2D eigenvalue weighted by Crippen LogP contribution is -2.22. The molecule has 0 atom stereocenters. The van der Waals surface area contributed by atoms with E-state index >= 15 is 0 Å². The molecule has 104 valence electrons. The van der Waals surface area contributed by atoms with Gasteiger partial charge in [-0.2, -0.15) is 0 Å². The molecule has 0 bridgehead atoms. The number of amides is 1. The van der Waals surface area contributed by atoms with E-state index in [1.807, 2.05) is 20.8 Å². The quantitative estimate of drug-likeness (QED) is 0.644. The lowest BCUT2D eigenvalue weighted by atomic mass is 10.1. The zero-order chi connectivity index (χ0) is 14.0. The van der Waals surface area contributed by atoms with E-state index in [-0.39, 0.29) is 11.5 Å². The van der Waals surface area contributed by atoms with Crippen LogP contribution in [0.15, 0.2) is 12.1 Å². The fraction of sp³-hybridized carbons (Fsp3) is 0.500. The Labute approximate surface area is 113 Å². The third-order valence-corrected chi connectivity index (χ3v) is 2.74. The first-order chi connectivity index (χ1) is 8.85. The van der Waals surface area contributed by atoms with Crippen LogP contribution in [0.5, 0.6) is 5.75 Å². The van der Waals surface area contributed by atoms with Crippen molar-refractivity contribution in [3.8, 4) is 5.75 Å². The van der Waals surface area contributed by atoms with Gasteiger partial charge in [-0.1, -0.05) is 0 Å². The number of hydrogen-bond donors (Lipinski definition) is 2. The average Bonchev–Trinajstić information content (AvgIpc) is 2.62. The Morgan fingerprint density at radius 1 is 1.32 bits per heavy atom. The number of nitrogen functional groups attached to an aromatic ring is 1. The average molecular weight is 264 g/mol. The third kappa shape index (κ3) is 3.61. The van der Waals surface area contributed by atoms with Crippen molar-refractivity contribution >= 4 is 17.3 Å². The third-order valence-electron chi connectivity index (χ3n) is 2.74. The van der Waals surface area contributed by atoms with Gasteiger partial charge >= 0.3 is 0 Å². The molecule has 1 aliphatic rings. The van der Waals surface area contributed by atoms with E-state index in [0.717, 1.165) is 11.3 Å². The number of benzene rings is 1. The maximum atomic E-state index is 11.3. The molecule has 1 aromatic rings. The zero-order valence-corrected chi connectivity index (χ0v) is 11.6. The van der Waals surface area contributed by atoms with Crippen molar-refractivity contribution < 1.29 is 14.3 Å². The van der Waals surface area contributed by atoms with Crippen LogP contribution >= 0.6 is 0 Å². The van der Waals surface area contributed by atoms with Crippen molar-refractivity contribution in [3.63, 3.8) is 0 Å². The highest BCUT2D eigenvalue weighted by Crippen LogP contribution is 2.32. The van der Waals surface area contributed by atoms with Gasteiger partial charge in [0.1, 0.15) is 12.4 Å². The fourth-order valence-electron chi connectivity index (χ4n) is 1.90. The molecule has 0 unspecified atom stereocenters. The molecule has 0 radical (unpaired) electrons. The van der Waals surface area contributed by atoms with Crippen LogP contribution < -0.4 is 15.8 Å². The van der Waals surface area contributed by atoms with Crippen LogP contribution in [0.4, 0.5) is 11.4 Å². The number of carbonyl (C=O) groups excluding carboxylic acids is 1. The number of nitrogens with one attached hydrogen (secondary N) is 1. The monoisotopic (exact) mass is 264 g/mol. The summed E-state index contributed by atoms with van der Waals surface area (Å²) in [6.07, 6.45) is 0.382. The van der Waals surface area contributed by atoms with E-state index in [1.54, 1.807) is 12.1 Å². The Hall–Kier alpha value is -1.75. The molecule has 0 saturated heterocycles. The summed E-state index contributed by atoms with van der Waals surface area (Å²) in [6.45, 7) is 6.89. The largest absolute Gasteiger partial charge is 0.489 e. The van der Waals surface area contributed by atoms with Gasteiger partial charge in [-0.25, -0.2) is 0 Å². The maximum absolute atomic E-state index is 11.3. The molecule has 0 spiro atoms. The summed E-state index contributed by atoms with van der Waals surface area (Å²) in [7, 11) is 0. The number of nitrogens with two attached hydrogens (primary N) is 1. The van der Waals surface area contributed by atoms with E-state index in [2.05, 4.69) is 5.32 Å². The molecule has 5 nitrogen and oxygen atoms in total. The second-order valence-corrected chi connectivity index (χ2v) is 5.58.